The number of rotatable bonds is 4. The highest BCUT2D eigenvalue weighted by Crippen LogP contribution is 2.16. The fourth-order valence-corrected chi connectivity index (χ4v) is 2.51. The molecule has 0 fully saturated rings. The Kier molecular flexibility index (Phi) is 4.02. The highest BCUT2D eigenvalue weighted by atomic mass is 16.5. The largest absolute Gasteiger partial charge is 0.491 e. The molecule has 1 heterocycles. The number of aryl methyl sites for hydroxylation is 2. The van der Waals surface area contributed by atoms with Crippen LogP contribution in [0.2, 0.25) is 0 Å². The number of nitrogens with zero attached hydrogens (tertiary/aromatic N) is 1. The zero-order valence-corrected chi connectivity index (χ0v) is 13.0. The second-order valence-corrected chi connectivity index (χ2v) is 5.44. The SMILES string of the molecule is Cc1ccc2c(c1)c(=O)oc(=O)n2CCOc1ccccc1C. The summed E-state index contributed by atoms with van der Waals surface area (Å²) >= 11 is 0. The van der Waals surface area contributed by atoms with Gasteiger partial charge in [0, 0.05) is 0 Å². The number of ether oxygens (including phenoxy) is 1. The minimum atomic E-state index is -0.667. The summed E-state index contributed by atoms with van der Waals surface area (Å²) in [5, 5.41) is 0.403. The first-order valence-corrected chi connectivity index (χ1v) is 7.39. The molecule has 0 saturated heterocycles. The van der Waals surface area contributed by atoms with Crippen molar-refractivity contribution in [3.05, 3.63) is 74.6 Å². The van der Waals surface area contributed by atoms with Gasteiger partial charge in [0.25, 0.3) is 0 Å². The Hall–Kier alpha value is -2.82. The molecule has 0 bridgehead atoms. The third-order valence-electron chi connectivity index (χ3n) is 3.73. The van der Waals surface area contributed by atoms with Crippen molar-refractivity contribution in [3.63, 3.8) is 0 Å². The maximum absolute atomic E-state index is 12.0. The first kappa shape index (κ1) is 15.1. The molecule has 0 aliphatic heterocycles. The summed E-state index contributed by atoms with van der Waals surface area (Å²) in [7, 11) is 0. The van der Waals surface area contributed by atoms with Crippen LogP contribution in [0.1, 0.15) is 11.1 Å². The molecule has 23 heavy (non-hydrogen) atoms. The van der Waals surface area contributed by atoms with Gasteiger partial charge in [-0.05, 0) is 37.6 Å². The number of benzene rings is 2. The fourth-order valence-electron chi connectivity index (χ4n) is 2.51. The lowest BCUT2D eigenvalue weighted by Gasteiger charge is -2.11. The minimum Gasteiger partial charge on any atom is -0.491 e. The highest BCUT2D eigenvalue weighted by molar-refractivity contribution is 5.78. The van der Waals surface area contributed by atoms with E-state index in [1.165, 1.54) is 4.57 Å². The third kappa shape index (κ3) is 3.04. The van der Waals surface area contributed by atoms with E-state index in [1.54, 1.807) is 12.1 Å². The first-order chi connectivity index (χ1) is 11.1. The second kappa shape index (κ2) is 6.12. The highest BCUT2D eigenvalue weighted by Gasteiger charge is 2.10. The number of fused-ring (bicyclic) bond motifs is 1. The minimum absolute atomic E-state index is 0.302. The van der Waals surface area contributed by atoms with Gasteiger partial charge in [0.15, 0.2) is 0 Å². The second-order valence-electron chi connectivity index (χ2n) is 5.44. The summed E-state index contributed by atoms with van der Waals surface area (Å²) in [5.41, 5.74) is 1.92. The molecule has 3 aromatic rings. The van der Waals surface area contributed by atoms with E-state index in [-0.39, 0.29) is 0 Å². The maximum Gasteiger partial charge on any atom is 0.422 e. The van der Waals surface area contributed by atoms with Crippen LogP contribution in [0.4, 0.5) is 0 Å². The molecule has 0 spiro atoms. The molecule has 2 aromatic carbocycles. The van der Waals surface area contributed by atoms with Crippen molar-refractivity contribution in [2.75, 3.05) is 6.61 Å². The molecular formula is C18H17NO4. The van der Waals surface area contributed by atoms with Gasteiger partial charge in [0.05, 0.1) is 17.4 Å². The third-order valence-corrected chi connectivity index (χ3v) is 3.73. The monoisotopic (exact) mass is 311 g/mol. The van der Waals surface area contributed by atoms with Crippen molar-refractivity contribution in [3.8, 4) is 5.75 Å². The smallest absolute Gasteiger partial charge is 0.422 e. The van der Waals surface area contributed by atoms with E-state index in [0.29, 0.717) is 24.1 Å². The van der Waals surface area contributed by atoms with Crippen LogP contribution < -0.4 is 16.1 Å². The lowest BCUT2D eigenvalue weighted by molar-refractivity contribution is 0.286. The Morgan fingerprint density at radius 1 is 1.09 bits per heavy atom. The average molecular weight is 311 g/mol. The maximum atomic E-state index is 12.0. The lowest BCUT2D eigenvalue weighted by atomic mass is 10.2. The normalized spacial score (nSPS) is 10.9. The van der Waals surface area contributed by atoms with E-state index < -0.39 is 11.4 Å². The standard InChI is InChI=1S/C18H17NO4/c1-12-7-8-15-14(11-12)17(20)23-18(21)19(15)9-10-22-16-6-4-3-5-13(16)2/h3-8,11H,9-10H2,1-2H3. The predicted molar refractivity (Wildman–Crippen MR) is 88.2 cm³/mol. The Morgan fingerprint density at radius 2 is 1.87 bits per heavy atom. The Labute approximate surface area is 132 Å². The van der Waals surface area contributed by atoms with E-state index in [1.807, 2.05) is 44.2 Å². The van der Waals surface area contributed by atoms with Crippen molar-refractivity contribution in [2.24, 2.45) is 0 Å². The molecule has 0 radical (unpaired) electrons. The average Bonchev–Trinajstić information content (AvgIpc) is 2.52. The van der Waals surface area contributed by atoms with E-state index in [2.05, 4.69) is 0 Å². The van der Waals surface area contributed by atoms with Crippen LogP contribution in [0.25, 0.3) is 10.9 Å². The first-order valence-electron chi connectivity index (χ1n) is 7.39. The van der Waals surface area contributed by atoms with Gasteiger partial charge >= 0.3 is 11.4 Å². The van der Waals surface area contributed by atoms with E-state index in [4.69, 9.17) is 9.15 Å². The number of aromatic nitrogens is 1. The zero-order chi connectivity index (χ0) is 16.4. The topological polar surface area (TPSA) is 61.4 Å². The predicted octanol–water partition coefficient (Wildman–Crippen LogP) is 2.65. The van der Waals surface area contributed by atoms with E-state index in [9.17, 15) is 9.59 Å². The molecule has 118 valence electrons. The fraction of sp³-hybridized carbons (Fsp3) is 0.222. The van der Waals surface area contributed by atoms with Crippen LogP contribution in [0.15, 0.2) is 56.5 Å². The Morgan fingerprint density at radius 3 is 2.65 bits per heavy atom. The Balaban J connectivity index is 1.90. The summed E-state index contributed by atoms with van der Waals surface area (Å²) < 4.78 is 11.9. The van der Waals surface area contributed by atoms with Crippen LogP contribution in [-0.4, -0.2) is 11.2 Å². The molecule has 0 aliphatic rings. The van der Waals surface area contributed by atoms with Crippen molar-refractivity contribution >= 4 is 10.9 Å². The van der Waals surface area contributed by atoms with Gasteiger partial charge in [0.2, 0.25) is 0 Å². The van der Waals surface area contributed by atoms with Crippen molar-refractivity contribution in [1.82, 2.24) is 4.57 Å². The van der Waals surface area contributed by atoms with Crippen molar-refractivity contribution < 1.29 is 9.15 Å². The van der Waals surface area contributed by atoms with E-state index in [0.717, 1.165) is 16.9 Å². The van der Waals surface area contributed by atoms with Gasteiger partial charge in [0.1, 0.15) is 12.4 Å². The molecule has 0 N–H and O–H groups in total. The van der Waals surface area contributed by atoms with Crippen LogP contribution in [-0.2, 0) is 6.54 Å². The number of hydrogen-bond donors (Lipinski definition) is 0. The molecule has 0 aliphatic carbocycles. The van der Waals surface area contributed by atoms with Crippen LogP contribution in [0.3, 0.4) is 0 Å². The van der Waals surface area contributed by atoms with Crippen LogP contribution >= 0.6 is 0 Å². The molecule has 3 rings (SSSR count). The van der Waals surface area contributed by atoms with Crippen molar-refractivity contribution in [2.45, 2.75) is 20.4 Å². The molecule has 0 unspecified atom stereocenters. The molecule has 0 saturated carbocycles. The quantitative estimate of drug-likeness (QED) is 0.743. The van der Waals surface area contributed by atoms with Crippen molar-refractivity contribution in [1.29, 1.82) is 0 Å². The van der Waals surface area contributed by atoms with Crippen LogP contribution in [0, 0.1) is 13.8 Å². The summed E-state index contributed by atoms with van der Waals surface area (Å²) in [5.74, 6) is 0.109. The summed E-state index contributed by atoms with van der Waals surface area (Å²) in [6.45, 7) is 4.45. The Bertz CT molecular complexity index is 969. The molecule has 1 aromatic heterocycles. The number of hydrogen-bond acceptors (Lipinski definition) is 4. The van der Waals surface area contributed by atoms with Gasteiger partial charge < -0.3 is 9.15 Å². The van der Waals surface area contributed by atoms with Gasteiger partial charge in [-0.1, -0.05) is 29.8 Å². The van der Waals surface area contributed by atoms with Gasteiger partial charge in [-0.15, -0.1) is 0 Å². The molecule has 0 atom stereocenters. The van der Waals surface area contributed by atoms with Gasteiger partial charge in [-0.3, -0.25) is 4.57 Å². The zero-order valence-electron chi connectivity index (χ0n) is 13.0. The lowest BCUT2D eigenvalue weighted by Crippen LogP contribution is -2.27. The summed E-state index contributed by atoms with van der Waals surface area (Å²) in [6.07, 6.45) is 0. The molecule has 5 heteroatoms. The molecule has 5 nitrogen and oxygen atoms in total. The summed E-state index contributed by atoms with van der Waals surface area (Å²) in [6, 6.07) is 13.0. The summed E-state index contributed by atoms with van der Waals surface area (Å²) in [4.78, 5) is 23.8. The van der Waals surface area contributed by atoms with E-state index >= 15 is 0 Å². The van der Waals surface area contributed by atoms with Crippen LogP contribution in [0.5, 0.6) is 5.75 Å². The van der Waals surface area contributed by atoms with Gasteiger partial charge in [-0.2, -0.15) is 0 Å². The molecule has 0 amide bonds. The molecular weight excluding hydrogens is 294 g/mol. The number of para-hydroxylation sites is 1. The van der Waals surface area contributed by atoms with Gasteiger partial charge in [-0.25, -0.2) is 9.59 Å².